The smallest absolute Gasteiger partial charge is 0.249 e. The second kappa shape index (κ2) is 8.11. The SMILES string of the molecule is CN1CC[C@@H](COCc2ccccn2)CC12CN(C(=O)C1=CCCCC1)C2. The summed E-state index contributed by atoms with van der Waals surface area (Å²) in [7, 11) is 2.21. The predicted octanol–water partition coefficient (Wildman–Crippen LogP) is 3.02. The van der Waals surface area contributed by atoms with Gasteiger partial charge in [0.05, 0.1) is 24.4 Å². The molecule has 0 unspecified atom stereocenters. The molecule has 2 saturated heterocycles. The van der Waals surface area contributed by atoms with E-state index in [9.17, 15) is 4.79 Å². The van der Waals surface area contributed by atoms with Crippen molar-refractivity contribution >= 4 is 5.91 Å². The summed E-state index contributed by atoms with van der Waals surface area (Å²) in [6, 6.07) is 5.93. The molecule has 1 aromatic rings. The number of carbonyl (C=O) groups is 1. The highest BCUT2D eigenvalue weighted by Crippen LogP contribution is 2.39. The molecule has 146 valence electrons. The number of nitrogens with zero attached hydrogens (tertiary/aromatic N) is 3. The van der Waals surface area contributed by atoms with Crippen molar-refractivity contribution in [1.82, 2.24) is 14.8 Å². The Morgan fingerprint density at radius 1 is 1.33 bits per heavy atom. The minimum atomic E-state index is 0.155. The van der Waals surface area contributed by atoms with Gasteiger partial charge in [0, 0.05) is 24.9 Å². The van der Waals surface area contributed by atoms with E-state index < -0.39 is 0 Å². The van der Waals surface area contributed by atoms with E-state index in [2.05, 4.69) is 27.9 Å². The normalized spacial score (nSPS) is 25.1. The molecule has 3 heterocycles. The fraction of sp³-hybridized carbons (Fsp3) is 0.636. The third kappa shape index (κ3) is 4.09. The fourth-order valence-electron chi connectivity index (χ4n) is 4.78. The minimum absolute atomic E-state index is 0.155. The molecule has 0 saturated carbocycles. The highest BCUT2D eigenvalue weighted by atomic mass is 16.5. The van der Waals surface area contributed by atoms with Crippen LogP contribution in [0, 0.1) is 5.92 Å². The number of ether oxygens (including phenoxy) is 1. The van der Waals surface area contributed by atoms with Crippen LogP contribution in [0.1, 0.15) is 44.2 Å². The molecule has 0 radical (unpaired) electrons. The third-order valence-corrected chi connectivity index (χ3v) is 6.50. The number of carbonyl (C=O) groups excluding carboxylic acids is 1. The van der Waals surface area contributed by atoms with E-state index in [0.29, 0.717) is 12.5 Å². The first-order valence-electron chi connectivity index (χ1n) is 10.3. The standard InChI is InChI=1S/C22H31N3O2/c1-24-12-10-18(14-27-15-20-9-5-6-11-23-20)13-22(24)16-25(17-22)21(26)19-7-3-2-4-8-19/h5-7,9,11,18H,2-4,8,10,12-17H2,1H3/t18-/m1/s1. The van der Waals surface area contributed by atoms with Gasteiger partial charge in [-0.1, -0.05) is 12.1 Å². The van der Waals surface area contributed by atoms with Gasteiger partial charge < -0.3 is 9.64 Å². The van der Waals surface area contributed by atoms with Crippen LogP contribution in [0.25, 0.3) is 0 Å². The van der Waals surface area contributed by atoms with Gasteiger partial charge in [-0.2, -0.15) is 0 Å². The number of piperidine rings is 1. The topological polar surface area (TPSA) is 45.7 Å². The summed E-state index contributed by atoms with van der Waals surface area (Å²) in [5, 5.41) is 0. The lowest BCUT2D eigenvalue weighted by Crippen LogP contribution is -2.72. The first-order valence-corrected chi connectivity index (χ1v) is 10.3. The monoisotopic (exact) mass is 369 g/mol. The summed E-state index contributed by atoms with van der Waals surface area (Å²) in [5.41, 5.74) is 2.19. The van der Waals surface area contributed by atoms with Crippen LogP contribution in [0.15, 0.2) is 36.0 Å². The lowest BCUT2D eigenvalue weighted by Gasteiger charge is -2.58. The molecule has 1 aliphatic carbocycles. The summed E-state index contributed by atoms with van der Waals surface area (Å²) in [5.74, 6) is 0.846. The Bertz CT molecular complexity index is 682. The molecule has 1 atom stereocenters. The van der Waals surface area contributed by atoms with Crippen molar-refractivity contribution in [3.8, 4) is 0 Å². The Morgan fingerprint density at radius 2 is 2.22 bits per heavy atom. The number of rotatable bonds is 5. The second-order valence-electron chi connectivity index (χ2n) is 8.48. The first kappa shape index (κ1) is 18.6. The van der Waals surface area contributed by atoms with Gasteiger partial charge in [-0.15, -0.1) is 0 Å². The quantitative estimate of drug-likeness (QED) is 0.800. The van der Waals surface area contributed by atoms with Gasteiger partial charge in [0.25, 0.3) is 0 Å². The molecule has 1 amide bonds. The highest BCUT2D eigenvalue weighted by Gasteiger charge is 2.51. The summed E-state index contributed by atoms with van der Waals surface area (Å²) >= 11 is 0. The van der Waals surface area contributed by atoms with Crippen LogP contribution in [0.5, 0.6) is 0 Å². The second-order valence-corrected chi connectivity index (χ2v) is 8.48. The zero-order valence-electron chi connectivity index (χ0n) is 16.4. The van der Waals surface area contributed by atoms with E-state index in [4.69, 9.17) is 4.74 Å². The van der Waals surface area contributed by atoms with Crippen LogP contribution >= 0.6 is 0 Å². The summed E-state index contributed by atoms with van der Waals surface area (Å²) < 4.78 is 5.96. The number of likely N-dealkylation sites (N-methyl/N-ethyl adjacent to an activating group) is 1. The first-order chi connectivity index (χ1) is 13.2. The number of hydrogen-bond acceptors (Lipinski definition) is 4. The van der Waals surface area contributed by atoms with Gasteiger partial charge in [0.2, 0.25) is 5.91 Å². The molecular weight excluding hydrogens is 338 g/mol. The van der Waals surface area contributed by atoms with Crippen molar-refractivity contribution in [2.45, 2.75) is 50.7 Å². The third-order valence-electron chi connectivity index (χ3n) is 6.50. The molecule has 4 rings (SSSR count). The van der Waals surface area contributed by atoms with Gasteiger partial charge in [-0.3, -0.25) is 14.7 Å². The van der Waals surface area contributed by atoms with E-state index in [1.807, 2.05) is 24.4 Å². The van der Waals surface area contributed by atoms with Crippen LogP contribution in [0.3, 0.4) is 0 Å². The van der Waals surface area contributed by atoms with Crippen LogP contribution < -0.4 is 0 Å². The summed E-state index contributed by atoms with van der Waals surface area (Å²) in [6.07, 6.45) is 10.7. The van der Waals surface area contributed by atoms with Gasteiger partial charge in [0.1, 0.15) is 0 Å². The minimum Gasteiger partial charge on any atom is -0.375 e. The van der Waals surface area contributed by atoms with Crippen molar-refractivity contribution in [1.29, 1.82) is 0 Å². The number of aromatic nitrogens is 1. The predicted molar refractivity (Wildman–Crippen MR) is 105 cm³/mol. The summed E-state index contributed by atoms with van der Waals surface area (Å²) in [4.78, 5) is 21.6. The molecule has 2 aliphatic heterocycles. The highest BCUT2D eigenvalue weighted by molar-refractivity contribution is 5.94. The van der Waals surface area contributed by atoms with Gasteiger partial charge in [0.15, 0.2) is 0 Å². The van der Waals surface area contributed by atoms with Crippen LogP contribution in [0.2, 0.25) is 0 Å². The van der Waals surface area contributed by atoms with E-state index >= 15 is 0 Å². The summed E-state index contributed by atoms with van der Waals surface area (Å²) in [6.45, 7) is 4.19. The number of amides is 1. The van der Waals surface area contributed by atoms with E-state index in [1.54, 1.807) is 0 Å². The Kier molecular flexibility index (Phi) is 5.60. The van der Waals surface area contributed by atoms with E-state index in [-0.39, 0.29) is 11.4 Å². The van der Waals surface area contributed by atoms with Gasteiger partial charge >= 0.3 is 0 Å². The maximum absolute atomic E-state index is 12.7. The van der Waals surface area contributed by atoms with Crippen molar-refractivity contribution in [2.75, 3.05) is 33.3 Å². The van der Waals surface area contributed by atoms with Crippen LogP contribution in [-0.4, -0.2) is 59.5 Å². The van der Waals surface area contributed by atoms with Crippen molar-refractivity contribution < 1.29 is 9.53 Å². The maximum Gasteiger partial charge on any atom is 0.249 e. The molecule has 0 aromatic carbocycles. The number of likely N-dealkylation sites (tertiary alicyclic amines) is 2. The van der Waals surface area contributed by atoms with Gasteiger partial charge in [-0.25, -0.2) is 0 Å². The Balaban J connectivity index is 1.28. The van der Waals surface area contributed by atoms with Crippen LogP contribution in [-0.2, 0) is 16.1 Å². The molecule has 27 heavy (non-hydrogen) atoms. The van der Waals surface area contributed by atoms with E-state index in [1.165, 1.54) is 12.8 Å². The zero-order chi connectivity index (χ0) is 18.7. The number of allylic oxidation sites excluding steroid dienone is 1. The Hall–Kier alpha value is -1.72. The molecule has 0 N–H and O–H groups in total. The molecular formula is C22H31N3O2. The maximum atomic E-state index is 12.7. The molecule has 3 aliphatic rings. The lowest BCUT2D eigenvalue weighted by atomic mass is 9.75. The van der Waals surface area contributed by atoms with E-state index in [0.717, 1.165) is 63.2 Å². The average molecular weight is 370 g/mol. The molecule has 5 heteroatoms. The van der Waals surface area contributed by atoms with Crippen molar-refractivity contribution in [3.05, 3.63) is 41.7 Å². The zero-order valence-corrected chi connectivity index (χ0v) is 16.4. The lowest BCUT2D eigenvalue weighted by molar-refractivity contribution is -0.147. The van der Waals surface area contributed by atoms with Crippen molar-refractivity contribution in [3.63, 3.8) is 0 Å². The van der Waals surface area contributed by atoms with Crippen molar-refractivity contribution in [2.24, 2.45) is 5.92 Å². The number of pyridine rings is 1. The fourth-order valence-corrected chi connectivity index (χ4v) is 4.78. The average Bonchev–Trinajstić information content (AvgIpc) is 2.68. The Morgan fingerprint density at radius 3 is 2.96 bits per heavy atom. The molecule has 1 spiro atoms. The molecule has 0 bridgehead atoms. The largest absolute Gasteiger partial charge is 0.375 e. The molecule has 5 nitrogen and oxygen atoms in total. The molecule has 2 fully saturated rings. The van der Waals surface area contributed by atoms with Gasteiger partial charge in [-0.05, 0) is 70.2 Å². The van der Waals surface area contributed by atoms with Crippen LogP contribution in [0.4, 0.5) is 0 Å². The Labute approximate surface area is 162 Å². The number of hydrogen-bond donors (Lipinski definition) is 0. The molecule has 1 aromatic heterocycles.